The van der Waals surface area contributed by atoms with Crippen LogP contribution in [0.5, 0.6) is 0 Å². The summed E-state index contributed by atoms with van der Waals surface area (Å²) in [5.41, 5.74) is 5.61. The van der Waals surface area contributed by atoms with Gasteiger partial charge in [-0.05, 0) is 19.3 Å². The number of carboxylic acid groups (broad SMARTS) is 1. The number of nitrogens with one attached hydrogen (secondary N) is 2. The number of carboxylic acids is 1. The minimum atomic E-state index is -1.08. The van der Waals surface area contributed by atoms with Gasteiger partial charge in [0.05, 0.1) is 11.9 Å². The SMILES string of the molecule is NC1(C(=O)N[C@@H](Cc2cnc[nH]2)C(=O)O)CCC1. The lowest BCUT2D eigenvalue weighted by molar-refractivity contribution is -0.143. The van der Waals surface area contributed by atoms with Gasteiger partial charge >= 0.3 is 5.97 Å². The van der Waals surface area contributed by atoms with Crippen molar-refractivity contribution < 1.29 is 14.7 Å². The van der Waals surface area contributed by atoms with Gasteiger partial charge in [-0.1, -0.05) is 0 Å². The maximum absolute atomic E-state index is 11.9. The molecule has 0 radical (unpaired) electrons. The quantitative estimate of drug-likeness (QED) is 0.557. The molecule has 7 heteroatoms. The largest absolute Gasteiger partial charge is 0.480 e. The summed E-state index contributed by atoms with van der Waals surface area (Å²) >= 11 is 0. The average molecular weight is 252 g/mol. The van der Waals surface area contributed by atoms with E-state index in [9.17, 15) is 9.59 Å². The topological polar surface area (TPSA) is 121 Å². The zero-order chi connectivity index (χ0) is 13.2. The molecule has 7 nitrogen and oxygen atoms in total. The molecule has 0 saturated heterocycles. The lowest BCUT2D eigenvalue weighted by Crippen LogP contribution is -2.61. The van der Waals surface area contributed by atoms with Crippen molar-refractivity contribution in [3.8, 4) is 0 Å². The molecule has 18 heavy (non-hydrogen) atoms. The Balaban J connectivity index is 1.98. The first-order chi connectivity index (χ1) is 8.51. The Morgan fingerprint density at radius 3 is 2.78 bits per heavy atom. The maximum atomic E-state index is 11.9. The van der Waals surface area contributed by atoms with Crippen molar-refractivity contribution in [1.82, 2.24) is 15.3 Å². The Morgan fingerprint density at radius 1 is 1.61 bits per heavy atom. The van der Waals surface area contributed by atoms with Gasteiger partial charge in [-0.2, -0.15) is 0 Å². The van der Waals surface area contributed by atoms with E-state index in [1.54, 1.807) is 0 Å². The molecule has 0 bridgehead atoms. The molecule has 1 amide bonds. The Hall–Kier alpha value is -1.89. The molecule has 1 heterocycles. The number of rotatable bonds is 5. The second-order valence-corrected chi connectivity index (χ2v) is 4.65. The summed E-state index contributed by atoms with van der Waals surface area (Å²) in [5, 5.41) is 11.6. The first kappa shape index (κ1) is 12.6. The van der Waals surface area contributed by atoms with Crippen molar-refractivity contribution in [3.05, 3.63) is 18.2 Å². The Morgan fingerprint density at radius 2 is 2.33 bits per heavy atom. The second-order valence-electron chi connectivity index (χ2n) is 4.65. The number of amides is 1. The standard InChI is InChI=1S/C11H16N4O3/c12-11(2-1-3-11)10(18)15-8(9(16)17)4-7-5-13-6-14-7/h5-6,8H,1-4,12H2,(H,13,14)(H,15,18)(H,16,17)/t8-/m0/s1. The molecule has 5 N–H and O–H groups in total. The van der Waals surface area contributed by atoms with E-state index in [1.807, 2.05) is 0 Å². The van der Waals surface area contributed by atoms with Gasteiger partial charge in [0.25, 0.3) is 0 Å². The Bertz CT molecular complexity index is 439. The number of hydrogen-bond acceptors (Lipinski definition) is 4. The van der Waals surface area contributed by atoms with Gasteiger partial charge in [-0.25, -0.2) is 9.78 Å². The molecule has 2 rings (SSSR count). The number of aliphatic carboxylic acids is 1. The van der Waals surface area contributed by atoms with Gasteiger partial charge in [-0.15, -0.1) is 0 Å². The normalized spacial score (nSPS) is 18.7. The first-order valence-corrected chi connectivity index (χ1v) is 5.81. The second kappa shape index (κ2) is 4.77. The van der Waals surface area contributed by atoms with Crippen LogP contribution in [0, 0.1) is 0 Å². The van der Waals surface area contributed by atoms with Crippen LogP contribution in [0.15, 0.2) is 12.5 Å². The summed E-state index contributed by atoms with van der Waals surface area (Å²) in [5.74, 6) is -1.47. The number of nitrogens with two attached hydrogens (primary N) is 1. The Kier molecular flexibility index (Phi) is 3.33. The van der Waals surface area contributed by atoms with Gasteiger partial charge < -0.3 is 21.1 Å². The van der Waals surface area contributed by atoms with Crippen LogP contribution < -0.4 is 11.1 Å². The van der Waals surface area contributed by atoms with Crippen LogP contribution in [-0.4, -0.2) is 38.5 Å². The molecule has 1 aromatic rings. The van der Waals surface area contributed by atoms with Crippen LogP contribution in [0.25, 0.3) is 0 Å². The highest BCUT2D eigenvalue weighted by molar-refractivity contribution is 5.90. The minimum Gasteiger partial charge on any atom is -0.480 e. The fourth-order valence-corrected chi connectivity index (χ4v) is 1.90. The third kappa shape index (κ3) is 2.51. The maximum Gasteiger partial charge on any atom is 0.326 e. The predicted octanol–water partition coefficient (Wildman–Crippen LogP) is -0.597. The smallest absolute Gasteiger partial charge is 0.326 e. The van der Waals surface area contributed by atoms with Crippen LogP contribution in [-0.2, 0) is 16.0 Å². The summed E-state index contributed by atoms with van der Waals surface area (Å²) in [6.45, 7) is 0. The number of carbonyl (C=O) groups is 2. The molecule has 0 unspecified atom stereocenters. The lowest BCUT2D eigenvalue weighted by Gasteiger charge is -2.36. The van der Waals surface area contributed by atoms with E-state index in [1.165, 1.54) is 12.5 Å². The van der Waals surface area contributed by atoms with Crippen molar-refractivity contribution in [2.45, 2.75) is 37.3 Å². The van der Waals surface area contributed by atoms with Crippen LogP contribution in [0.2, 0.25) is 0 Å². The van der Waals surface area contributed by atoms with E-state index in [0.29, 0.717) is 18.5 Å². The van der Waals surface area contributed by atoms with E-state index in [2.05, 4.69) is 15.3 Å². The molecule has 1 fully saturated rings. The molecule has 1 saturated carbocycles. The molecule has 1 aromatic heterocycles. The molecule has 1 aliphatic carbocycles. The third-order valence-electron chi connectivity index (χ3n) is 3.28. The summed E-state index contributed by atoms with van der Waals surface area (Å²) in [6, 6.07) is -0.987. The van der Waals surface area contributed by atoms with E-state index in [-0.39, 0.29) is 12.3 Å². The molecular formula is C11H16N4O3. The van der Waals surface area contributed by atoms with Gasteiger partial charge in [0, 0.05) is 18.3 Å². The number of H-pyrrole nitrogens is 1. The van der Waals surface area contributed by atoms with Gasteiger partial charge in [-0.3, -0.25) is 4.79 Å². The zero-order valence-electron chi connectivity index (χ0n) is 9.85. The van der Waals surface area contributed by atoms with Crippen molar-refractivity contribution in [2.24, 2.45) is 5.73 Å². The van der Waals surface area contributed by atoms with Crippen molar-refractivity contribution in [1.29, 1.82) is 0 Å². The highest BCUT2D eigenvalue weighted by atomic mass is 16.4. The van der Waals surface area contributed by atoms with Gasteiger partial charge in [0.2, 0.25) is 5.91 Å². The van der Waals surface area contributed by atoms with Gasteiger partial charge in [0.1, 0.15) is 6.04 Å². The first-order valence-electron chi connectivity index (χ1n) is 5.81. The minimum absolute atomic E-state index is 0.164. The summed E-state index contributed by atoms with van der Waals surface area (Å²) in [6.07, 6.45) is 5.28. The fourth-order valence-electron chi connectivity index (χ4n) is 1.90. The molecule has 0 aromatic carbocycles. The average Bonchev–Trinajstić information content (AvgIpc) is 2.77. The van der Waals surface area contributed by atoms with Crippen molar-refractivity contribution in [2.75, 3.05) is 0 Å². The predicted molar refractivity (Wildman–Crippen MR) is 62.6 cm³/mol. The highest BCUT2D eigenvalue weighted by Gasteiger charge is 2.41. The molecule has 1 atom stereocenters. The van der Waals surface area contributed by atoms with E-state index >= 15 is 0 Å². The van der Waals surface area contributed by atoms with Gasteiger partial charge in [0.15, 0.2) is 0 Å². The number of imidazole rings is 1. The molecule has 0 aliphatic heterocycles. The van der Waals surface area contributed by atoms with Crippen LogP contribution in [0.4, 0.5) is 0 Å². The van der Waals surface area contributed by atoms with E-state index in [4.69, 9.17) is 10.8 Å². The zero-order valence-corrected chi connectivity index (χ0v) is 9.85. The van der Waals surface area contributed by atoms with Crippen molar-refractivity contribution in [3.63, 3.8) is 0 Å². The number of aromatic amines is 1. The number of aromatic nitrogens is 2. The van der Waals surface area contributed by atoms with Crippen LogP contribution in [0.1, 0.15) is 25.0 Å². The van der Waals surface area contributed by atoms with Crippen LogP contribution in [0.3, 0.4) is 0 Å². The summed E-state index contributed by atoms with van der Waals surface area (Å²) < 4.78 is 0. The fraction of sp³-hybridized carbons (Fsp3) is 0.545. The summed E-state index contributed by atoms with van der Waals surface area (Å²) in [4.78, 5) is 29.6. The number of carbonyl (C=O) groups excluding carboxylic acids is 1. The Labute approximate surface area is 104 Å². The molecule has 98 valence electrons. The molecule has 0 spiro atoms. The number of hydrogen-bond donors (Lipinski definition) is 4. The molecular weight excluding hydrogens is 236 g/mol. The summed E-state index contributed by atoms with van der Waals surface area (Å²) in [7, 11) is 0. The van der Waals surface area contributed by atoms with Crippen LogP contribution >= 0.6 is 0 Å². The molecule has 1 aliphatic rings. The monoisotopic (exact) mass is 252 g/mol. The van der Waals surface area contributed by atoms with E-state index < -0.39 is 17.6 Å². The lowest BCUT2D eigenvalue weighted by atomic mass is 9.77. The number of nitrogens with zero attached hydrogens (tertiary/aromatic N) is 1. The highest BCUT2D eigenvalue weighted by Crippen LogP contribution is 2.29. The van der Waals surface area contributed by atoms with E-state index in [0.717, 1.165) is 6.42 Å². The third-order valence-corrected chi connectivity index (χ3v) is 3.28. The van der Waals surface area contributed by atoms with Crippen molar-refractivity contribution >= 4 is 11.9 Å².